The lowest BCUT2D eigenvalue weighted by Crippen LogP contribution is -2.35. The highest BCUT2D eigenvalue weighted by Gasteiger charge is 2.27. The Balaban J connectivity index is 2.35. The van der Waals surface area contributed by atoms with E-state index in [-0.39, 0.29) is 0 Å². The van der Waals surface area contributed by atoms with Gasteiger partial charge in [-0.25, -0.2) is 0 Å². The summed E-state index contributed by atoms with van der Waals surface area (Å²) in [7, 11) is 1.66. The molecule has 3 nitrogen and oxygen atoms in total. The Labute approximate surface area is 126 Å². The Bertz CT molecular complexity index is 593. The molecule has 0 aliphatic carbocycles. The van der Waals surface area contributed by atoms with Crippen LogP contribution in [0.2, 0.25) is 0 Å². The molecule has 0 saturated heterocycles. The summed E-state index contributed by atoms with van der Waals surface area (Å²) >= 11 is 0. The van der Waals surface area contributed by atoms with Crippen molar-refractivity contribution >= 4 is 0 Å². The summed E-state index contributed by atoms with van der Waals surface area (Å²) in [5, 5.41) is 0. The third kappa shape index (κ3) is 3.63. The lowest BCUT2D eigenvalue weighted by molar-refractivity contribution is 0.145. The van der Waals surface area contributed by atoms with Crippen LogP contribution in [-0.2, 0) is 10.3 Å². The molecule has 0 spiro atoms. The number of aryl methyl sites for hydroxylation is 1. The summed E-state index contributed by atoms with van der Waals surface area (Å²) in [6.45, 7) is 5.15. The van der Waals surface area contributed by atoms with Gasteiger partial charge in [0.15, 0.2) is 0 Å². The van der Waals surface area contributed by atoms with Gasteiger partial charge >= 0.3 is 0 Å². The van der Waals surface area contributed by atoms with Crippen molar-refractivity contribution in [3.05, 3.63) is 65.2 Å². The molecule has 0 aliphatic heterocycles. The molecule has 0 aromatic heterocycles. The number of hydrogen-bond donors (Lipinski definition) is 1. The molecule has 0 heterocycles. The molecule has 0 fully saturated rings. The van der Waals surface area contributed by atoms with Gasteiger partial charge in [0.2, 0.25) is 0 Å². The van der Waals surface area contributed by atoms with Gasteiger partial charge in [-0.15, -0.1) is 0 Å². The number of benzene rings is 2. The Kier molecular flexibility index (Phi) is 4.99. The highest BCUT2D eigenvalue weighted by atomic mass is 16.5. The lowest BCUT2D eigenvalue weighted by Gasteiger charge is -2.28. The molecular formula is C18H23NO2. The van der Waals surface area contributed by atoms with Crippen LogP contribution >= 0.6 is 0 Å². The fourth-order valence-electron chi connectivity index (χ4n) is 2.38. The molecule has 112 valence electrons. The SMILES string of the molecule is COCCOc1ccccc1C(C)(N)c1cccc(C)c1. The molecule has 0 radical (unpaired) electrons. The van der Waals surface area contributed by atoms with E-state index in [1.165, 1.54) is 5.56 Å². The van der Waals surface area contributed by atoms with E-state index >= 15 is 0 Å². The van der Waals surface area contributed by atoms with Crippen molar-refractivity contribution in [1.29, 1.82) is 0 Å². The Morgan fingerprint density at radius 1 is 1.05 bits per heavy atom. The monoisotopic (exact) mass is 285 g/mol. The molecule has 0 bridgehead atoms. The molecule has 2 N–H and O–H groups in total. The molecular weight excluding hydrogens is 262 g/mol. The Hall–Kier alpha value is -1.84. The van der Waals surface area contributed by atoms with E-state index in [0.29, 0.717) is 13.2 Å². The smallest absolute Gasteiger partial charge is 0.124 e. The van der Waals surface area contributed by atoms with Crippen molar-refractivity contribution in [1.82, 2.24) is 0 Å². The minimum atomic E-state index is -0.602. The largest absolute Gasteiger partial charge is 0.491 e. The summed E-state index contributed by atoms with van der Waals surface area (Å²) in [6, 6.07) is 16.2. The van der Waals surface area contributed by atoms with Crippen LogP contribution in [0, 0.1) is 6.92 Å². The van der Waals surface area contributed by atoms with Crippen molar-refractivity contribution < 1.29 is 9.47 Å². The average Bonchev–Trinajstić information content (AvgIpc) is 2.48. The molecule has 0 aliphatic rings. The van der Waals surface area contributed by atoms with Crippen LogP contribution in [-0.4, -0.2) is 20.3 Å². The fourth-order valence-corrected chi connectivity index (χ4v) is 2.38. The van der Waals surface area contributed by atoms with Gasteiger partial charge in [-0.05, 0) is 25.5 Å². The third-order valence-corrected chi connectivity index (χ3v) is 3.61. The van der Waals surface area contributed by atoms with Crippen molar-refractivity contribution in [2.45, 2.75) is 19.4 Å². The maximum Gasteiger partial charge on any atom is 0.124 e. The number of para-hydroxylation sites is 1. The zero-order chi connectivity index (χ0) is 15.3. The molecule has 1 atom stereocenters. The van der Waals surface area contributed by atoms with Gasteiger partial charge in [0.05, 0.1) is 12.1 Å². The third-order valence-electron chi connectivity index (χ3n) is 3.61. The van der Waals surface area contributed by atoms with Gasteiger partial charge in [0, 0.05) is 12.7 Å². The van der Waals surface area contributed by atoms with Crippen LogP contribution < -0.4 is 10.5 Å². The second-order valence-corrected chi connectivity index (χ2v) is 5.41. The van der Waals surface area contributed by atoms with Crippen molar-refractivity contribution in [2.75, 3.05) is 20.3 Å². The first kappa shape index (κ1) is 15.5. The summed E-state index contributed by atoms with van der Waals surface area (Å²) < 4.78 is 10.8. The van der Waals surface area contributed by atoms with E-state index in [0.717, 1.165) is 16.9 Å². The van der Waals surface area contributed by atoms with Crippen LogP contribution in [0.3, 0.4) is 0 Å². The first-order valence-corrected chi connectivity index (χ1v) is 7.13. The first-order valence-electron chi connectivity index (χ1n) is 7.13. The summed E-state index contributed by atoms with van der Waals surface area (Å²) in [5.41, 5.74) is 9.27. The van der Waals surface area contributed by atoms with Crippen LogP contribution in [0.4, 0.5) is 0 Å². The number of nitrogens with two attached hydrogens (primary N) is 1. The maximum absolute atomic E-state index is 6.62. The number of ether oxygens (including phenoxy) is 2. The molecule has 21 heavy (non-hydrogen) atoms. The van der Waals surface area contributed by atoms with E-state index < -0.39 is 5.54 Å². The van der Waals surface area contributed by atoms with Crippen molar-refractivity contribution in [3.63, 3.8) is 0 Å². The van der Waals surface area contributed by atoms with E-state index in [1.54, 1.807) is 7.11 Å². The predicted octanol–water partition coefficient (Wildman–Crippen LogP) is 3.24. The molecule has 2 rings (SSSR count). The van der Waals surface area contributed by atoms with Crippen molar-refractivity contribution in [3.8, 4) is 5.75 Å². The van der Waals surface area contributed by atoms with Crippen LogP contribution in [0.25, 0.3) is 0 Å². The predicted molar refractivity (Wildman–Crippen MR) is 85.6 cm³/mol. The molecule has 3 heteroatoms. The van der Waals surface area contributed by atoms with E-state index in [2.05, 4.69) is 25.1 Å². The van der Waals surface area contributed by atoms with E-state index in [1.807, 2.05) is 37.3 Å². The van der Waals surface area contributed by atoms with Gasteiger partial charge in [-0.3, -0.25) is 0 Å². The van der Waals surface area contributed by atoms with Gasteiger partial charge in [0.1, 0.15) is 12.4 Å². The molecule has 1 unspecified atom stereocenters. The summed E-state index contributed by atoms with van der Waals surface area (Å²) in [5.74, 6) is 0.807. The topological polar surface area (TPSA) is 44.5 Å². The normalized spacial score (nSPS) is 13.7. The zero-order valence-electron chi connectivity index (χ0n) is 12.9. The van der Waals surface area contributed by atoms with Crippen LogP contribution in [0.5, 0.6) is 5.75 Å². The summed E-state index contributed by atoms with van der Waals surface area (Å²) in [6.07, 6.45) is 0. The zero-order valence-corrected chi connectivity index (χ0v) is 12.9. The molecule has 2 aromatic rings. The first-order chi connectivity index (χ1) is 10.1. The second-order valence-electron chi connectivity index (χ2n) is 5.41. The van der Waals surface area contributed by atoms with Gasteiger partial charge in [0.25, 0.3) is 0 Å². The number of hydrogen-bond acceptors (Lipinski definition) is 3. The average molecular weight is 285 g/mol. The van der Waals surface area contributed by atoms with E-state index in [4.69, 9.17) is 15.2 Å². The van der Waals surface area contributed by atoms with Crippen molar-refractivity contribution in [2.24, 2.45) is 5.73 Å². The van der Waals surface area contributed by atoms with Gasteiger partial charge in [-0.2, -0.15) is 0 Å². The molecule has 2 aromatic carbocycles. The second kappa shape index (κ2) is 6.74. The Morgan fingerprint density at radius 2 is 1.81 bits per heavy atom. The summed E-state index contributed by atoms with van der Waals surface area (Å²) in [4.78, 5) is 0. The molecule has 0 amide bonds. The number of methoxy groups -OCH3 is 1. The number of rotatable bonds is 6. The molecule has 0 saturated carbocycles. The highest BCUT2D eigenvalue weighted by molar-refractivity contribution is 5.46. The minimum Gasteiger partial charge on any atom is -0.491 e. The van der Waals surface area contributed by atoms with Gasteiger partial charge in [-0.1, -0.05) is 48.0 Å². The fraction of sp³-hybridized carbons (Fsp3) is 0.333. The Morgan fingerprint density at radius 3 is 2.52 bits per heavy atom. The standard InChI is InChI=1S/C18H23NO2/c1-14-7-6-8-15(13-14)18(2,19)16-9-4-5-10-17(16)21-12-11-20-3/h4-10,13H,11-12,19H2,1-3H3. The lowest BCUT2D eigenvalue weighted by atomic mass is 9.84. The quantitative estimate of drug-likeness (QED) is 0.829. The maximum atomic E-state index is 6.62. The van der Waals surface area contributed by atoms with Crippen LogP contribution in [0.1, 0.15) is 23.6 Å². The highest BCUT2D eigenvalue weighted by Crippen LogP contribution is 2.33. The van der Waals surface area contributed by atoms with Crippen LogP contribution in [0.15, 0.2) is 48.5 Å². The van der Waals surface area contributed by atoms with E-state index in [9.17, 15) is 0 Å². The minimum absolute atomic E-state index is 0.511. The van der Waals surface area contributed by atoms with Gasteiger partial charge < -0.3 is 15.2 Å².